The van der Waals surface area contributed by atoms with Crippen LogP contribution in [0.25, 0.3) is 20.8 Å². The second kappa shape index (κ2) is 8.51. The molecular formula is C22H20N4O2S2. The molecule has 0 aliphatic carbocycles. The van der Waals surface area contributed by atoms with Crippen molar-refractivity contribution in [1.82, 2.24) is 9.97 Å². The Hall–Kier alpha value is -2.81. The lowest BCUT2D eigenvalue weighted by molar-refractivity contribution is -0.115. The number of fused-ring (bicyclic) bond motifs is 1. The Balaban J connectivity index is 1.26. The monoisotopic (exact) mass is 436 g/mol. The fourth-order valence-corrected chi connectivity index (χ4v) is 5.23. The van der Waals surface area contributed by atoms with Crippen molar-refractivity contribution in [3.8, 4) is 10.6 Å². The number of morpholine rings is 1. The minimum absolute atomic E-state index is 0.0721. The normalized spacial score (nSPS) is 14.2. The second-order valence-corrected chi connectivity index (χ2v) is 8.88. The van der Waals surface area contributed by atoms with E-state index >= 15 is 0 Å². The third-order valence-corrected chi connectivity index (χ3v) is 6.88. The molecule has 1 fully saturated rings. The van der Waals surface area contributed by atoms with Gasteiger partial charge in [0.15, 0.2) is 5.13 Å². The van der Waals surface area contributed by atoms with Gasteiger partial charge in [-0.1, -0.05) is 41.7 Å². The van der Waals surface area contributed by atoms with Crippen LogP contribution in [0.3, 0.4) is 0 Å². The molecule has 2 aromatic heterocycles. The largest absolute Gasteiger partial charge is 0.378 e. The first-order chi connectivity index (χ1) is 14.7. The molecular weight excluding hydrogens is 416 g/mol. The maximum atomic E-state index is 12.5. The average molecular weight is 437 g/mol. The Bertz CT molecular complexity index is 1170. The van der Waals surface area contributed by atoms with Gasteiger partial charge in [-0.15, -0.1) is 11.3 Å². The van der Waals surface area contributed by atoms with Crippen LogP contribution in [-0.2, 0) is 16.0 Å². The summed E-state index contributed by atoms with van der Waals surface area (Å²) in [7, 11) is 0. The van der Waals surface area contributed by atoms with Gasteiger partial charge < -0.3 is 15.0 Å². The summed E-state index contributed by atoms with van der Waals surface area (Å²) in [5, 5.41) is 6.88. The molecule has 0 unspecified atom stereocenters. The van der Waals surface area contributed by atoms with Crippen LogP contribution in [0.1, 0.15) is 5.69 Å². The van der Waals surface area contributed by atoms with Crippen molar-refractivity contribution in [2.75, 3.05) is 36.5 Å². The molecule has 1 amide bonds. The van der Waals surface area contributed by atoms with E-state index in [0.717, 1.165) is 63.6 Å². The van der Waals surface area contributed by atoms with Crippen LogP contribution < -0.4 is 10.2 Å². The maximum absolute atomic E-state index is 12.5. The lowest BCUT2D eigenvalue weighted by atomic mass is 10.2. The minimum atomic E-state index is -0.0721. The highest BCUT2D eigenvalue weighted by Crippen LogP contribution is 2.31. The van der Waals surface area contributed by atoms with Gasteiger partial charge in [-0.3, -0.25) is 4.79 Å². The van der Waals surface area contributed by atoms with Gasteiger partial charge in [0.05, 0.1) is 35.5 Å². The zero-order chi connectivity index (χ0) is 20.3. The van der Waals surface area contributed by atoms with Gasteiger partial charge in [0.2, 0.25) is 5.91 Å². The number of aromatic nitrogens is 2. The Kier molecular flexibility index (Phi) is 5.44. The van der Waals surface area contributed by atoms with Crippen LogP contribution >= 0.6 is 22.7 Å². The van der Waals surface area contributed by atoms with Crippen molar-refractivity contribution in [1.29, 1.82) is 0 Å². The van der Waals surface area contributed by atoms with Crippen LogP contribution in [0.5, 0.6) is 0 Å². The van der Waals surface area contributed by atoms with Crippen molar-refractivity contribution in [2.45, 2.75) is 6.42 Å². The highest BCUT2D eigenvalue weighted by Gasteiger charge is 2.16. The molecule has 0 atom stereocenters. The summed E-state index contributed by atoms with van der Waals surface area (Å²) < 4.78 is 6.48. The van der Waals surface area contributed by atoms with Crippen molar-refractivity contribution in [2.24, 2.45) is 0 Å². The first kappa shape index (κ1) is 19.2. The van der Waals surface area contributed by atoms with Crippen LogP contribution in [0, 0.1) is 0 Å². The number of nitrogens with zero attached hydrogens (tertiary/aromatic N) is 3. The number of ether oxygens (including phenoxy) is 1. The topological polar surface area (TPSA) is 67.4 Å². The molecule has 2 aromatic carbocycles. The van der Waals surface area contributed by atoms with Gasteiger partial charge in [-0.25, -0.2) is 9.97 Å². The third-order valence-electron chi connectivity index (χ3n) is 4.86. The molecule has 1 saturated heterocycles. The number of amides is 1. The van der Waals surface area contributed by atoms with Crippen LogP contribution in [0.15, 0.2) is 53.9 Å². The summed E-state index contributed by atoms with van der Waals surface area (Å²) in [4.78, 5) is 24.1. The first-order valence-corrected chi connectivity index (χ1v) is 11.5. The highest BCUT2D eigenvalue weighted by atomic mass is 32.1. The van der Waals surface area contributed by atoms with Gasteiger partial charge in [0.25, 0.3) is 0 Å². The molecule has 4 aromatic rings. The zero-order valence-electron chi connectivity index (χ0n) is 16.2. The fourth-order valence-electron chi connectivity index (χ4n) is 3.35. The van der Waals surface area contributed by atoms with Crippen molar-refractivity contribution in [3.05, 3.63) is 59.6 Å². The Morgan fingerprint density at radius 1 is 1.10 bits per heavy atom. The highest BCUT2D eigenvalue weighted by molar-refractivity contribution is 7.22. The molecule has 0 radical (unpaired) electrons. The SMILES string of the molecule is O=C(Cc1csc(-c2ccccc2)n1)Nc1ccc2nc(N3CCOCC3)sc2c1. The van der Waals surface area contributed by atoms with E-state index in [1.54, 1.807) is 22.7 Å². The third kappa shape index (κ3) is 4.21. The number of nitrogens with one attached hydrogen (secondary N) is 1. The summed E-state index contributed by atoms with van der Waals surface area (Å²) in [5.74, 6) is -0.0721. The van der Waals surface area contributed by atoms with E-state index in [1.165, 1.54) is 0 Å². The first-order valence-electron chi connectivity index (χ1n) is 9.77. The minimum Gasteiger partial charge on any atom is -0.378 e. The van der Waals surface area contributed by atoms with E-state index in [1.807, 2.05) is 53.9 Å². The average Bonchev–Trinajstić information content (AvgIpc) is 3.42. The van der Waals surface area contributed by atoms with E-state index < -0.39 is 0 Å². The quantitative estimate of drug-likeness (QED) is 0.501. The summed E-state index contributed by atoms with van der Waals surface area (Å²) in [6.45, 7) is 3.20. The number of carbonyl (C=O) groups is 1. The molecule has 152 valence electrons. The number of hydrogen-bond donors (Lipinski definition) is 1. The summed E-state index contributed by atoms with van der Waals surface area (Å²) >= 11 is 3.21. The van der Waals surface area contributed by atoms with E-state index in [2.05, 4.69) is 15.2 Å². The molecule has 1 N–H and O–H groups in total. The molecule has 30 heavy (non-hydrogen) atoms. The summed E-state index contributed by atoms with van der Waals surface area (Å²) in [5.41, 5.74) is 3.58. The van der Waals surface area contributed by atoms with Gasteiger partial charge in [0.1, 0.15) is 5.01 Å². The lowest BCUT2D eigenvalue weighted by Gasteiger charge is -2.25. The number of carbonyl (C=O) groups excluding carboxylic acids is 1. The predicted molar refractivity (Wildman–Crippen MR) is 123 cm³/mol. The molecule has 8 heteroatoms. The lowest BCUT2D eigenvalue weighted by Crippen LogP contribution is -2.36. The number of rotatable bonds is 5. The van der Waals surface area contributed by atoms with Gasteiger partial charge in [-0.05, 0) is 18.2 Å². The molecule has 5 rings (SSSR count). The summed E-state index contributed by atoms with van der Waals surface area (Å²) in [6, 6.07) is 15.9. The Morgan fingerprint density at radius 2 is 1.93 bits per heavy atom. The second-order valence-electron chi connectivity index (χ2n) is 7.01. The van der Waals surface area contributed by atoms with E-state index in [-0.39, 0.29) is 12.3 Å². The molecule has 0 saturated carbocycles. The van der Waals surface area contributed by atoms with E-state index in [9.17, 15) is 4.79 Å². The van der Waals surface area contributed by atoms with Crippen LogP contribution in [0.4, 0.5) is 10.8 Å². The molecule has 3 heterocycles. The molecule has 1 aliphatic rings. The number of anilines is 2. The Morgan fingerprint density at radius 3 is 2.77 bits per heavy atom. The van der Waals surface area contributed by atoms with Crippen molar-refractivity contribution in [3.63, 3.8) is 0 Å². The number of benzene rings is 2. The van der Waals surface area contributed by atoms with Crippen molar-refractivity contribution < 1.29 is 9.53 Å². The molecule has 1 aliphatic heterocycles. The van der Waals surface area contributed by atoms with E-state index in [4.69, 9.17) is 9.72 Å². The molecule has 0 spiro atoms. The van der Waals surface area contributed by atoms with Crippen LogP contribution in [0.2, 0.25) is 0 Å². The number of thiazole rings is 2. The predicted octanol–water partition coefficient (Wildman–Crippen LogP) is 4.44. The number of hydrogen-bond acceptors (Lipinski definition) is 7. The van der Waals surface area contributed by atoms with Crippen LogP contribution in [-0.4, -0.2) is 42.2 Å². The molecule has 0 bridgehead atoms. The van der Waals surface area contributed by atoms with Gasteiger partial charge in [-0.2, -0.15) is 0 Å². The zero-order valence-corrected chi connectivity index (χ0v) is 17.8. The molecule has 6 nitrogen and oxygen atoms in total. The van der Waals surface area contributed by atoms with E-state index in [0.29, 0.717) is 0 Å². The summed E-state index contributed by atoms with van der Waals surface area (Å²) in [6.07, 6.45) is 0.253. The smallest absolute Gasteiger partial charge is 0.230 e. The standard InChI is InChI=1S/C22H20N4O2S2/c27-20(13-17-14-29-21(24-17)15-4-2-1-3-5-15)23-16-6-7-18-19(12-16)30-22(25-18)26-8-10-28-11-9-26/h1-7,12,14H,8-11,13H2,(H,23,27). The van der Waals surface area contributed by atoms with Gasteiger partial charge in [0, 0.05) is 29.7 Å². The van der Waals surface area contributed by atoms with Gasteiger partial charge >= 0.3 is 0 Å². The Labute approximate surface area is 182 Å². The van der Waals surface area contributed by atoms with Crippen molar-refractivity contribution >= 4 is 49.6 Å². The fraction of sp³-hybridized carbons (Fsp3) is 0.227. The maximum Gasteiger partial charge on any atom is 0.230 e.